The number of hydrogen-bond acceptors (Lipinski definition) is 4. The van der Waals surface area contributed by atoms with Crippen LogP contribution in [-0.2, 0) is 6.54 Å². The summed E-state index contributed by atoms with van der Waals surface area (Å²) in [5.41, 5.74) is 1.32. The Morgan fingerprint density at radius 2 is 1.92 bits per heavy atom. The van der Waals surface area contributed by atoms with E-state index >= 15 is 0 Å². The van der Waals surface area contributed by atoms with Crippen LogP contribution in [-0.4, -0.2) is 47.0 Å². The summed E-state index contributed by atoms with van der Waals surface area (Å²) in [5.74, 6) is 0.440. The zero-order valence-electron chi connectivity index (χ0n) is 14.2. The quantitative estimate of drug-likeness (QED) is 0.921. The number of carbonyl (C=O) groups excluding carboxylic acids is 1. The van der Waals surface area contributed by atoms with Crippen LogP contribution in [0, 0.1) is 0 Å². The van der Waals surface area contributed by atoms with Crippen LogP contribution in [0.15, 0.2) is 36.5 Å². The van der Waals surface area contributed by atoms with Crippen LogP contribution in [0.4, 0.5) is 9.93 Å². The molecule has 0 radical (unpaired) electrons. The maximum Gasteiger partial charge on any atom is 0.323 e. The Labute approximate surface area is 147 Å². The highest BCUT2D eigenvalue weighted by atomic mass is 32.1. The van der Waals surface area contributed by atoms with E-state index in [1.165, 1.54) is 10.4 Å². The van der Waals surface area contributed by atoms with Gasteiger partial charge in [-0.3, -0.25) is 10.2 Å². The summed E-state index contributed by atoms with van der Waals surface area (Å²) in [6.07, 6.45) is 1.85. The second kappa shape index (κ2) is 7.77. The minimum absolute atomic E-state index is 0.0426. The summed E-state index contributed by atoms with van der Waals surface area (Å²) < 4.78 is 0. The highest BCUT2D eigenvalue weighted by molar-refractivity contribution is 7.15. The molecule has 1 aliphatic rings. The first-order valence-corrected chi connectivity index (χ1v) is 9.21. The minimum atomic E-state index is -0.0426. The number of aromatic nitrogens is 1. The number of urea groups is 1. The summed E-state index contributed by atoms with van der Waals surface area (Å²) in [4.78, 5) is 22.1. The van der Waals surface area contributed by atoms with Crippen LogP contribution < -0.4 is 5.32 Å². The molecule has 1 N–H and O–H groups in total. The number of benzene rings is 1. The van der Waals surface area contributed by atoms with Gasteiger partial charge in [-0.05, 0) is 11.5 Å². The molecule has 1 saturated heterocycles. The van der Waals surface area contributed by atoms with Crippen LogP contribution >= 0.6 is 11.3 Å². The first-order chi connectivity index (χ1) is 11.6. The molecule has 2 heterocycles. The van der Waals surface area contributed by atoms with E-state index < -0.39 is 0 Å². The molecule has 1 aromatic heterocycles. The van der Waals surface area contributed by atoms with E-state index in [4.69, 9.17) is 0 Å². The van der Waals surface area contributed by atoms with Gasteiger partial charge in [0, 0.05) is 43.8 Å². The fraction of sp³-hybridized carbons (Fsp3) is 0.444. The van der Waals surface area contributed by atoms with E-state index in [9.17, 15) is 4.79 Å². The molecule has 0 bridgehead atoms. The number of piperazine rings is 1. The molecule has 24 heavy (non-hydrogen) atoms. The van der Waals surface area contributed by atoms with Crippen LogP contribution in [0.5, 0.6) is 0 Å². The Kier molecular flexibility index (Phi) is 5.48. The lowest BCUT2D eigenvalue weighted by Crippen LogP contribution is -2.49. The average Bonchev–Trinajstić information content (AvgIpc) is 3.05. The van der Waals surface area contributed by atoms with Crippen molar-refractivity contribution in [3.63, 3.8) is 0 Å². The van der Waals surface area contributed by atoms with Crippen molar-refractivity contribution < 1.29 is 4.79 Å². The number of rotatable bonds is 4. The Hall–Kier alpha value is -1.92. The predicted octanol–water partition coefficient (Wildman–Crippen LogP) is 3.62. The van der Waals surface area contributed by atoms with Gasteiger partial charge < -0.3 is 4.90 Å². The van der Waals surface area contributed by atoms with Crippen LogP contribution in [0.1, 0.15) is 30.2 Å². The first kappa shape index (κ1) is 16.9. The molecule has 2 aromatic rings. The molecule has 3 rings (SSSR count). The number of anilines is 1. The molecule has 0 atom stereocenters. The smallest absolute Gasteiger partial charge is 0.322 e. The molecular formula is C18H24N4OS. The second-order valence-corrected chi connectivity index (χ2v) is 7.46. The lowest BCUT2D eigenvalue weighted by Gasteiger charge is -2.34. The van der Waals surface area contributed by atoms with Crippen molar-refractivity contribution in [3.05, 3.63) is 47.0 Å². The molecular weight excluding hydrogens is 320 g/mol. The Morgan fingerprint density at radius 1 is 1.21 bits per heavy atom. The lowest BCUT2D eigenvalue weighted by atomic mass is 10.2. The van der Waals surface area contributed by atoms with Crippen molar-refractivity contribution in [3.8, 4) is 0 Å². The summed E-state index contributed by atoms with van der Waals surface area (Å²) in [6, 6.07) is 10.4. The molecule has 1 aliphatic heterocycles. The van der Waals surface area contributed by atoms with Gasteiger partial charge in [-0.15, -0.1) is 11.3 Å². The minimum Gasteiger partial charge on any atom is -0.322 e. The van der Waals surface area contributed by atoms with Crippen LogP contribution in [0.2, 0.25) is 0 Å². The highest BCUT2D eigenvalue weighted by Gasteiger charge is 2.22. The fourth-order valence-electron chi connectivity index (χ4n) is 2.73. The van der Waals surface area contributed by atoms with Crippen LogP contribution in [0.3, 0.4) is 0 Å². The summed E-state index contributed by atoms with van der Waals surface area (Å²) in [7, 11) is 0. The maximum atomic E-state index is 12.4. The number of nitrogens with zero attached hydrogens (tertiary/aromatic N) is 3. The summed E-state index contributed by atoms with van der Waals surface area (Å²) in [5, 5.41) is 3.62. The van der Waals surface area contributed by atoms with Crippen molar-refractivity contribution in [2.24, 2.45) is 0 Å². The van der Waals surface area contributed by atoms with Gasteiger partial charge in [0.2, 0.25) is 0 Å². The molecule has 2 amide bonds. The van der Waals surface area contributed by atoms with Gasteiger partial charge in [0.15, 0.2) is 5.13 Å². The zero-order valence-corrected chi connectivity index (χ0v) is 15.1. The van der Waals surface area contributed by atoms with E-state index in [1.807, 2.05) is 17.2 Å². The van der Waals surface area contributed by atoms with Gasteiger partial charge in [0.1, 0.15) is 0 Å². The van der Waals surface area contributed by atoms with Crippen molar-refractivity contribution in [2.45, 2.75) is 26.3 Å². The average molecular weight is 344 g/mol. The molecule has 6 heteroatoms. The number of hydrogen-bond donors (Lipinski definition) is 1. The number of thiazole rings is 1. The largest absolute Gasteiger partial charge is 0.323 e. The molecule has 1 fully saturated rings. The summed E-state index contributed by atoms with van der Waals surface area (Å²) >= 11 is 1.56. The van der Waals surface area contributed by atoms with Gasteiger partial charge in [0.25, 0.3) is 0 Å². The van der Waals surface area contributed by atoms with Gasteiger partial charge in [-0.2, -0.15) is 0 Å². The Balaban J connectivity index is 1.48. The normalized spacial score (nSPS) is 15.7. The Bertz CT molecular complexity index is 663. The van der Waals surface area contributed by atoms with Crippen LogP contribution in [0.25, 0.3) is 0 Å². The van der Waals surface area contributed by atoms with Crippen molar-refractivity contribution in [1.29, 1.82) is 0 Å². The van der Waals surface area contributed by atoms with Crippen molar-refractivity contribution in [2.75, 3.05) is 31.5 Å². The first-order valence-electron chi connectivity index (χ1n) is 8.40. The molecule has 0 spiro atoms. The number of nitrogens with one attached hydrogen (secondary N) is 1. The van der Waals surface area contributed by atoms with E-state index in [1.54, 1.807) is 11.3 Å². The molecule has 1 aromatic carbocycles. The lowest BCUT2D eigenvalue weighted by molar-refractivity contribution is 0.143. The standard InChI is InChI=1S/C18H24N4OS/c1-14(2)16-12-19-17(24-16)20-18(23)22-10-8-21(9-11-22)13-15-6-4-3-5-7-15/h3-7,12,14H,8-11,13H2,1-2H3,(H,19,20,23). The third-order valence-electron chi connectivity index (χ3n) is 4.21. The van der Waals surface area contributed by atoms with Gasteiger partial charge in [0.05, 0.1) is 0 Å². The van der Waals surface area contributed by atoms with Gasteiger partial charge >= 0.3 is 6.03 Å². The van der Waals surface area contributed by atoms with E-state index in [0.717, 1.165) is 32.7 Å². The number of amides is 2. The predicted molar refractivity (Wildman–Crippen MR) is 98.5 cm³/mol. The molecule has 0 aliphatic carbocycles. The van der Waals surface area contributed by atoms with E-state index in [-0.39, 0.29) is 6.03 Å². The van der Waals surface area contributed by atoms with Gasteiger partial charge in [-0.1, -0.05) is 44.2 Å². The highest BCUT2D eigenvalue weighted by Crippen LogP contribution is 2.25. The Morgan fingerprint density at radius 3 is 2.54 bits per heavy atom. The molecule has 5 nitrogen and oxygen atoms in total. The van der Waals surface area contributed by atoms with Crippen molar-refractivity contribution in [1.82, 2.24) is 14.8 Å². The molecule has 0 saturated carbocycles. The monoisotopic (exact) mass is 344 g/mol. The SMILES string of the molecule is CC(C)c1cnc(NC(=O)N2CCN(Cc3ccccc3)CC2)s1. The molecule has 0 unspecified atom stereocenters. The third kappa shape index (κ3) is 4.33. The van der Waals surface area contributed by atoms with Crippen molar-refractivity contribution >= 4 is 22.5 Å². The third-order valence-corrected chi connectivity index (χ3v) is 5.43. The second-order valence-electron chi connectivity index (χ2n) is 6.40. The van der Waals surface area contributed by atoms with E-state index in [0.29, 0.717) is 11.0 Å². The van der Waals surface area contributed by atoms with Gasteiger partial charge in [-0.25, -0.2) is 9.78 Å². The maximum absolute atomic E-state index is 12.4. The molecule has 128 valence electrons. The number of carbonyl (C=O) groups is 1. The zero-order chi connectivity index (χ0) is 16.9. The topological polar surface area (TPSA) is 48.5 Å². The summed E-state index contributed by atoms with van der Waals surface area (Å²) in [6.45, 7) is 8.51. The fourth-order valence-corrected chi connectivity index (χ4v) is 3.54. The van der Waals surface area contributed by atoms with E-state index in [2.05, 4.69) is 53.3 Å².